The van der Waals surface area contributed by atoms with Gasteiger partial charge in [-0.1, -0.05) is 0 Å². The molecule has 0 radical (unpaired) electrons. The molecule has 0 saturated heterocycles. The summed E-state index contributed by atoms with van der Waals surface area (Å²) in [5, 5.41) is 0. The first kappa shape index (κ1) is 12.8. The van der Waals surface area contributed by atoms with Crippen molar-refractivity contribution in [2.75, 3.05) is 0 Å². The van der Waals surface area contributed by atoms with Gasteiger partial charge in [-0.15, -0.1) is 0 Å². The minimum atomic E-state index is -2.49. The van der Waals surface area contributed by atoms with Gasteiger partial charge in [0.05, 0.1) is 0 Å². The van der Waals surface area contributed by atoms with Crippen molar-refractivity contribution in [2.45, 2.75) is 21.8 Å². The summed E-state index contributed by atoms with van der Waals surface area (Å²) in [6.07, 6.45) is 0. The maximum absolute atomic E-state index is 2.49. The Morgan fingerprint density at radius 1 is 0.647 bits per heavy atom. The van der Waals surface area contributed by atoms with Crippen molar-refractivity contribution in [3.8, 4) is 0 Å². The molecule has 0 fully saturated rings. The van der Waals surface area contributed by atoms with Crippen molar-refractivity contribution in [1.82, 2.24) is 0 Å². The van der Waals surface area contributed by atoms with Crippen molar-refractivity contribution >= 4 is 27.4 Å². The number of rotatable bonds is 4. The van der Waals surface area contributed by atoms with E-state index in [2.05, 4.69) is 74.5 Å². The van der Waals surface area contributed by atoms with Crippen LogP contribution in [0.2, 0.25) is 7.96 Å². The van der Waals surface area contributed by atoms with E-state index in [0.29, 0.717) is 0 Å². The van der Waals surface area contributed by atoms with Crippen molar-refractivity contribution < 1.29 is 0 Å². The molecule has 1 heteroatoms. The molecule has 0 spiro atoms. The van der Waals surface area contributed by atoms with Gasteiger partial charge in [-0.3, -0.25) is 0 Å². The van der Waals surface area contributed by atoms with Crippen LogP contribution in [0.25, 0.3) is 0 Å². The Bertz CT molecular complexity index is 402. The monoisotopic (exact) mass is 420 g/mol. The van der Waals surface area contributed by atoms with Crippen LogP contribution >= 0.6 is 0 Å². The van der Waals surface area contributed by atoms with Crippen LogP contribution in [0, 0.1) is 0 Å². The van der Waals surface area contributed by atoms with Gasteiger partial charge in [-0.25, -0.2) is 0 Å². The summed E-state index contributed by atoms with van der Waals surface area (Å²) in [6.45, 7) is 4.76. The van der Waals surface area contributed by atoms with E-state index < -0.39 is 21.2 Å². The quantitative estimate of drug-likeness (QED) is 0.668. The van der Waals surface area contributed by atoms with E-state index in [4.69, 9.17) is 0 Å². The molecule has 2 rings (SSSR count). The van der Waals surface area contributed by atoms with Crippen LogP contribution in [0.5, 0.6) is 0 Å². The Morgan fingerprint density at radius 3 is 1.29 bits per heavy atom. The zero-order chi connectivity index (χ0) is 12.1. The van der Waals surface area contributed by atoms with Crippen molar-refractivity contribution in [3.63, 3.8) is 0 Å². The third-order valence-corrected chi connectivity index (χ3v) is 24.4. The Morgan fingerprint density at radius 2 is 1.00 bits per heavy atom. The maximum atomic E-state index is 2.38. The molecular formula is C16H20Pb. The Labute approximate surface area is 109 Å². The first-order valence-electron chi connectivity index (χ1n) is 6.44. The first-order valence-corrected chi connectivity index (χ1v) is 15.8. The molecule has 88 valence electrons. The number of hydrogen-bond acceptors (Lipinski definition) is 0. The average molecular weight is 420 g/mol. The summed E-state index contributed by atoms with van der Waals surface area (Å²) < 4.78 is 6.02. The van der Waals surface area contributed by atoms with E-state index in [1.807, 2.05) is 0 Å². The summed E-state index contributed by atoms with van der Waals surface area (Å²) in [4.78, 5) is 0. The van der Waals surface area contributed by atoms with Gasteiger partial charge in [0, 0.05) is 0 Å². The van der Waals surface area contributed by atoms with E-state index in [1.54, 1.807) is 6.25 Å². The molecular weight excluding hydrogens is 399 g/mol. The molecule has 0 N–H and O–H groups in total. The minimum absolute atomic E-state index is 1.36. The van der Waals surface area contributed by atoms with Crippen molar-refractivity contribution in [3.05, 3.63) is 60.7 Å². The summed E-state index contributed by atoms with van der Waals surface area (Å²) >= 11 is -2.49. The molecule has 2 aromatic carbocycles. The summed E-state index contributed by atoms with van der Waals surface area (Å²) in [5.74, 6) is 0. The average Bonchev–Trinajstić information content (AvgIpc) is 2.43. The predicted molar refractivity (Wildman–Crippen MR) is 78.9 cm³/mol. The molecule has 0 heterocycles. The van der Waals surface area contributed by atoms with Crippen LogP contribution in [0.15, 0.2) is 60.7 Å². The Hall–Kier alpha value is -0.638. The number of hydrogen-bond donors (Lipinski definition) is 0. The van der Waals surface area contributed by atoms with E-state index in [0.717, 1.165) is 0 Å². The second kappa shape index (κ2) is 5.81. The fraction of sp³-hybridized carbons (Fsp3) is 0.250. The second-order valence-corrected chi connectivity index (χ2v) is 22.9. The fourth-order valence-corrected chi connectivity index (χ4v) is 18.8. The van der Waals surface area contributed by atoms with Gasteiger partial charge in [-0.2, -0.15) is 0 Å². The molecule has 0 aliphatic heterocycles. The van der Waals surface area contributed by atoms with Crippen LogP contribution in [0.3, 0.4) is 0 Å². The summed E-state index contributed by atoms with van der Waals surface area (Å²) in [5.41, 5.74) is 0. The summed E-state index contributed by atoms with van der Waals surface area (Å²) in [6, 6.07) is 22.4. The molecule has 0 aliphatic rings. The van der Waals surface area contributed by atoms with Crippen molar-refractivity contribution in [2.24, 2.45) is 0 Å². The van der Waals surface area contributed by atoms with Crippen LogP contribution in [-0.2, 0) is 0 Å². The second-order valence-electron chi connectivity index (χ2n) is 4.52. The Kier molecular flexibility index (Phi) is 4.37. The standard InChI is InChI=1S/2C6H5.2C2H5.Pb/c2*1-2-4-6-5-3-1;2*1-2;/h2*1-5H;2*1H2,2H3;. The number of benzene rings is 2. The molecule has 0 amide bonds. The van der Waals surface area contributed by atoms with Crippen LogP contribution < -0.4 is 6.25 Å². The molecule has 2 aromatic rings. The third-order valence-electron chi connectivity index (χ3n) is 3.86. The van der Waals surface area contributed by atoms with Gasteiger partial charge >= 0.3 is 110 Å². The van der Waals surface area contributed by atoms with E-state index in [-0.39, 0.29) is 0 Å². The first-order chi connectivity index (χ1) is 8.33. The van der Waals surface area contributed by atoms with Gasteiger partial charge < -0.3 is 0 Å². The van der Waals surface area contributed by atoms with E-state index in [1.165, 1.54) is 7.96 Å². The molecule has 17 heavy (non-hydrogen) atoms. The summed E-state index contributed by atoms with van der Waals surface area (Å²) in [7, 11) is 0. The van der Waals surface area contributed by atoms with Gasteiger partial charge in [0.2, 0.25) is 0 Å². The zero-order valence-electron chi connectivity index (χ0n) is 10.7. The zero-order valence-corrected chi connectivity index (χ0v) is 14.6. The van der Waals surface area contributed by atoms with Crippen LogP contribution in [0.4, 0.5) is 0 Å². The van der Waals surface area contributed by atoms with Gasteiger partial charge in [0.15, 0.2) is 0 Å². The molecule has 0 bridgehead atoms. The molecule has 0 unspecified atom stereocenters. The molecule has 0 aromatic heterocycles. The van der Waals surface area contributed by atoms with E-state index in [9.17, 15) is 0 Å². The van der Waals surface area contributed by atoms with Crippen LogP contribution in [0.1, 0.15) is 13.8 Å². The molecule has 0 aliphatic carbocycles. The molecule has 0 nitrogen and oxygen atoms in total. The van der Waals surface area contributed by atoms with Crippen LogP contribution in [-0.4, -0.2) is 21.2 Å². The normalized spacial score (nSPS) is 11.4. The van der Waals surface area contributed by atoms with Gasteiger partial charge in [-0.05, 0) is 0 Å². The SMILES string of the molecule is C[CH2][Pb]([CH2]C)([c]1ccccc1)[c]1ccccc1. The molecule has 0 saturated carbocycles. The topological polar surface area (TPSA) is 0 Å². The molecule has 0 atom stereocenters. The van der Waals surface area contributed by atoms with Gasteiger partial charge in [0.25, 0.3) is 0 Å². The Balaban J connectivity index is 2.54. The predicted octanol–water partition coefficient (Wildman–Crippen LogP) is 3.29. The van der Waals surface area contributed by atoms with Crippen molar-refractivity contribution in [1.29, 1.82) is 0 Å². The van der Waals surface area contributed by atoms with Gasteiger partial charge in [0.1, 0.15) is 0 Å². The van der Waals surface area contributed by atoms with E-state index >= 15 is 0 Å². The fourth-order valence-electron chi connectivity index (χ4n) is 2.75. The third kappa shape index (κ3) is 2.46.